The average Bonchev–Trinajstić information content (AvgIpc) is 2.95. The second-order valence-electron chi connectivity index (χ2n) is 5.41. The largest absolute Gasteiger partial charge is 0.351 e. The molecule has 1 amide bonds. The third-order valence-corrected chi connectivity index (χ3v) is 5.56. The number of hydrogen-bond acceptors (Lipinski definition) is 5. The van der Waals surface area contributed by atoms with Crippen LogP contribution in [0.5, 0.6) is 0 Å². The van der Waals surface area contributed by atoms with Crippen LogP contribution in [-0.4, -0.2) is 59.4 Å². The predicted molar refractivity (Wildman–Crippen MR) is 72.7 cm³/mol. The van der Waals surface area contributed by atoms with Crippen molar-refractivity contribution in [1.82, 2.24) is 19.8 Å². The van der Waals surface area contributed by atoms with E-state index in [4.69, 9.17) is 0 Å². The molecule has 1 N–H and O–H groups in total. The van der Waals surface area contributed by atoms with Crippen LogP contribution in [0.2, 0.25) is 0 Å². The van der Waals surface area contributed by atoms with Crippen LogP contribution in [0.25, 0.3) is 0 Å². The van der Waals surface area contributed by atoms with E-state index in [9.17, 15) is 13.2 Å². The highest BCUT2D eigenvalue weighted by Gasteiger charge is 2.29. The van der Waals surface area contributed by atoms with E-state index < -0.39 is 9.84 Å². The Kier molecular flexibility index (Phi) is 3.51. The summed E-state index contributed by atoms with van der Waals surface area (Å²) in [6, 6.07) is -0.223. The summed E-state index contributed by atoms with van der Waals surface area (Å²) in [6.07, 6.45) is 4.23. The number of nitrogens with one attached hydrogen (secondary N) is 1. The summed E-state index contributed by atoms with van der Waals surface area (Å²) in [7, 11) is -2.95. The van der Waals surface area contributed by atoms with Crippen LogP contribution in [0, 0.1) is 0 Å². The molecule has 0 unspecified atom stereocenters. The van der Waals surface area contributed by atoms with Gasteiger partial charge in [-0.05, 0) is 6.42 Å². The normalized spacial score (nSPS) is 25.3. The van der Waals surface area contributed by atoms with Gasteiger partial charge in [0, 0.05) is 31.5 Å². The molecule has 0 aromatic carbocycles. The van der Waals surface area contributed by atoms with Gasteiger partial charge in [-0.15, -0.1) is 0 Å². The van der Waals surface area contributed by atoms with Crippen LogP contribution in [0.3, 0.4) is 0 Å². The smallest absolute Gasteiger partial charge is 0.234 e. The van der Waals surface area contributed by atoms with E-state index in [1.807, 2.05) is 11.1 Å². The molecule has 1 aromatic rings. The van der Waals surface area contributed by atoms with Crippen molar-refractivity contribution < 1.29 is 13.2 Å². The lowest BCUT2D eigenvalue weighted by Crippen LogP contribution is -2.44. The lowest BCUT2D eigenvalue weighted by atomic mass is 10.2. The summed E-state index contributed by atoms with van der Waals surface area (Å²) in [5.74, 6) is 1.11. The highest BCUT2D eigenvalue weighted by Crippen LogP contribution is 2.12. The van der Waals surface area contributed by atoms with Crippen molar-refractivity contribution >= 4 is 15.7 Å². The van der Waals surface area contributed by atoms with Crippen molar-refractivity contribution in [1.29, 1.82) is 0 Å². The minimum atomic E-state index is -2.95. The Morgan fingerprint density at radius 1 is 1.45 bits per heavy atom. The fraction of sp³-hybridized carbons (Fsp3) is 0.667. The molecule has 0 aliphatic carbocycles. The molecular weight excluding hydrogens is 280 g/mol. The van der Waals surface area contributed by atoms with Crippen LogP contribution in [0.15, 0.2) is 12.4 Å². The van der Waals surface area contributed by atoms with Crippen molar-refractivity contribution in [3.8, 4) is 0 Å². The van der Waals surface area contributed by atoms with Crippen LogP contribution < -0.4 is 5.32 Å². The number of aromatic nitrogens is 2. The quantitative estimate of drug-likeness (QED) is 0.774. The van der Waals surface area contributed by atoms with Crippen molar-refractivity contribution in [3.63, 3.8) is 0 Å². The first-order valence-corrected chi connectivity index (χ1v) is 8.56. The molecule has 0 radical (unpaired) electrons. The van der Waals surface area contributed by atoms with E-state index in [1.54, 1.807) is 6.20 Å². The van der Waals surface area contributed by atoms with Crippen molar-refractivity contribution in [3.05, 3.63) is 18.2 Å². The van der Waals surface area contributed by atoms with Gasteiger partial charge in [0.15, 0.2) is 9.84 Å². The highest BCUT2D eigenvalue weighted by atomic mass is 32.2. The fourth-order valence-electron chi connectivity index (χ4n) is 2.74. The molecule has 1 atom stereocenters. The molecule has 0 spiro atoms. The van der Waals surface area contributed by atoms with Crippen molar-refractivity contribution in [2.45, 2.75) is 25.6 Å². The number of sulfone groups is 1. The Morgan fingerprint density at radius 3 is 3.05 bits per heavy atom. The summed E-state index contributed by atoms with van der Waals surface area (Å²) in [6.45, 7) is 2.59. The van der Waals surface area contributed by atoms with E-state index in [0.29, 0.717) is 19.5 Å². The average molecular weight is 298 g/mol. The number of rotatable bonds is 3. The van der Waals surface area contributed by atoms with Gasteiger partial charge in [0.2, 0.25) is 5.91 Å². The van der Waals surface area contributed by atoms with Gasteiger partial charge in [0.1, 0.15) is 5.82 Å². The molecule has 20 heavy (non-hydrogen) atoms. The zero-order chi connectivity index (χ0) is 14.2. The zero-order valence-corrected chi connectivity index (χ0v) is 12.0. The molecule has 110 valence electrons. The van der Waals surface area contributed by atoms with Gasteiger partial charge in [-0.2, -0.15) is 0 Å². The molecule has 3 heterocycles. The summed E-state index contributed by atoms with van der Waals surface area (Å²) < 4.78 is 24.8. The van der Waals surface area contributed by atoms with Crippen LogP contribution in [0.1, 0.15) is 12.2 Å². The molecule has 0 saturated carbocycles. The maximum atomic E-state index is 12.0. The van der Waals surface area contributed by atoms with Gasteiger partial charge >= 0.3 is 0 Å². The first-order valence-electron chi connectivity index (χ1n) is 6.74. The van der Waals surface area contributed by atoms with E-state index in [1.165, 1.54) is 0 Å². The summed E-state index contributed by atoms with van der Waals surface area (Å²) in [5.41, 5.74) is 0. The van der Waals surface area contributed by atoms with Crippen LogP contribution in [0.4, 0.5) is 0 Å². The first kappa shape index (κ1) is 13.6. The molecule has 8 heteroatoms. The maximum absolute atomic E-state index is 12.0. The summed E-state index contributed by atoms with van der Waals surface area (Å²) in [4.78, 5) is 18.2. The molecular formula is C12H18N4O3S. The maximum Gasteiger partial charge on any atom is 0.234 e. The van der Waals surface area contributed by atoms with Crippen molar-refractivity contribution in [2.75, 3.05) is 24.6 Å². The Morgan fingerprint density at radius 2 is 2.30 bits per heavy atom. The van der Waals surface area contributed by atoms with Crippen LogP contribution >= 0.6 is 0 Å². The summed E-state index contributed by atoms with van der Waals surface area (Å²) in [5, 5.41) is 2.81. The van der Waals surface area contributed by atoms with Crippen molar-refractivity contribution in [2.24, 2.45) is 0 Å². The Balaban J connectivity index is 1.51. The minimum absolute atomic E-state index is 0.0726. The molecule has 1 aromatic heterocycles. The summed E-state index contributed by atoms with van der Waals surface area (Å²) >= 11 is 0. The third-order valence-electron chi connectivity index (χ3n) is 3.79. The Bertz CT molecular complexity index is 610. The molecule has 1 fully saturated rings. The number of carbonyl (C=O) groups is 1. The van der Waals surface area contributed by atoms with E-state index in [0.717, 1.165) is 18.9 Å². The lowest BCUT2D eigenvalue weighted by Gasteiger charge is -2.27. The third kappa shape index (κ3) is 3.01. The van der Waals surface area contributed by atoms with E-state index >= 15 is 0 Å². The number of nitrogens with zero attached hydrogens (tertiary/aromatic N) is 3. The second kappa shape index (κ2) is 5.17. The second-order valence-corrected chi connectivity index (χ2v) is 7.64. The number of amides is 1. The molecule has 1 saturated heterocycles. The van der Waals surface area contributed by atoms with Crippen LogP contribution in [-0.2, 0) is 27.7 Å². The van der Waals surface area contributed by atoms with Gasteiger partial charge in [0.05, 0.1) is 24.6 Å². The van der Waals surface area contributed by atoms with Gasteiger partial charge in [-0.3, -0.25) is 9.69 Å². The zero-order valence-electron chi connectivity index (χ0n) is 11.2. The SMILES string of the molecule is O=C(CN1CCn2ccnc2C1)N[C@H]1CCS(=O)(=O)C1. The monoisotopic (exact) mass is 298 g/mol. The minimum Gasteiger partial charge on any atom is -0.351 e. The standard InChI is InChI=1S/C12H18N4O3S/c17-12(14-10-1-6-20(18,19)9-10)8-15-4-5-16-3-2-13-11(16)7-15/h2-3,10H,1,4-9H2,(H,14,17)/t10-/m0/s1. The van der Waals surface area contributed by atoms with Gasteiger partial charge < -0.3 is 9.88 Å². The Labute approximate surface area is 117 Å². The fourth-order valence-corrected chi connectivity index (χ4v) is 4.42. The van der Waals surface area contributed by atoms with Gasteiger partial charge in [0.25, 0.3) is 0 Å². The topological polar surface area (TPSA) is 84.3 Å². The predicted octanol–water partition coefficient (Wildman–Crippen LogP) is -0.998. The number of imidazole rings is 1. The number of hydrogen-bond donors (Lipinski definition) is 1. The first-order chi connectivity index (χ1) is 9.52. The van der Waals surface area contributed by atoms with Gasteiger partial charge in [-0.1, -0.05) is 0 Å². The highest BCUT2D eigenvalue weighted by molar-refractivity contribution is 7.91. The molecule has 3 rings (SSSR count). The molecule has 7 nitrogen and oxygen atoms in total. The molecule has 0 bridgehead atoms. The molecule has 2 aliphatic rings. The Hall–Kier alpha value is -1.41. The van der Waals surface area contributed by atoms with E-state index in [-0.39, 0.29) is 23.5 Å². The number of fused-ring (bicyclic) bond motifs is 1. The molecule has 2 aliphatic heterocycles. The van der Waals surface area contributed by atoms with E-state index in [2.05, 4.69) is 14.9 Å². The number of carbonyl (C=O) groups excluding carboxylic acids is 1. The van der Waals surface area contributed by atoms with Gasteiger partial charge in [-0.25, -0.2) is 13.4 Å². The lowest BCUT2D eigenvalue weighted by molar-refractivity contribution is -0.123.